The Balaban J connectivity index is 2.47. The Labute approximate surface area is 93.7 Å². The van der Waals surface area contributed by atoms with E-state index in [1.807, 2.05) is 36.0 Å². The predicted molar refractivity (Wildman–Crippen MR) is 60.7 cm³/mol. The standard InChI is InChI=1S/C11H12ClN3/c1-2-15-8-9(7-12)11(14-15)10-5-3-4-6-13-10/h3-6,8H,2,7H2,1H3. The number of alkyl halides is 1. The van der Waals surface area contributed by atoms with Gasteiger partial charge in [-0.1, -0.05) is 6.07 Å². The summed E-state index contributed by atoms with van der Waals surface area (Å²) < 4.78 is 1.88. The van der Waals surface area contributed by atoms with Crippen molar-refractivity contribution in [3.63, 3.8) is 0 Å². The molecule has 2 aromatic rings. The van der Waals surface area contributed by atoms with Crippen molar-refractivity contribution in [3.05, 3.63) is 36.2 Å². The number of hydrogen-bond acceptors (Lipinski definition) is 2. The molecule has 2 heterocycles. The second kappa shape index (κ2) is 4.45. The molecule has 3 nitrogen and oxygen atoms in total. The van der Waals surface area contributed by atoms with E-state index in [1.165, 1.54) is 0 Å². The smallest absolute Gasteiger partial charge is 0.115 e. The van der Waals surface area contributed by atoms with Gasteiger partial charge in [-0.15, -0.1) is 11.6 Å². The first kappa shape index (κ1) is 10.2. The van der Waals surface area contributed by atoms with E-state index in [0.717, 1.165) is 23.5 Å². The lowest BCUT2D eigenvalue weighted by Gasteiger charge is -1.96. The first-order valence-corrected chi connectivity index (χ1v) is 5.42. The third kappa shape index (κ3) is 2.02. The maximum atomic E-state index is 5.87. The lowest BCUT2D eigenvalue weighted by atomic mass is 10.2. The summed E-state index contributed by atoms with van der Waals surface area (Å²) in [5.41, 5.74) is 2.78. The van der Waals surface area contributed by atoms with Gasteiger partial charge in [-0.3, -0.25) is 9.67 Å². The van der Waals surface area contributed by atoms with Crippen LogP contribution >= 0.6 is 11.6 Å². The first-order valence-electron chi connectivity index (χ1n) is 4.89. The molecule has 0 saturated heterocycles. The van der Waals surface area contributed by atoms with Gasteiger partial charge in [0.05, 0.1) is 11.6 Å². The molecule has 0 atom stereocenters. The minimum absolute atomic E-state index is 0.464. The Morgan fingerprint density at radius 3 is 2.87 bits per heavy atom. The fourth-order valence-corrected chi connectivity index (χ4v) is 1.64. The normalized spacial score (nSPS) is 10.5. The van der Waals surface area contributed by atoms with Gasteiger partial charge in [-0.05, 0) is 19.1 Å². The highest BCUT2D eigenvalue weighted by molar-refractivity contribution is 6.17. The molecule has 2 aromatic heterocycles. The predicted octanol–water partition coefficient (Wildman–Crippen LogP) is 2.70. The van der Waals surface area contributed by atoms with Crippen molar-refractivity contribution < 1.29 is 0 Å². The van der Waals surface area contributed by atoms with Gasteiger partial charge in [0.1, 0.15) is 5.69 Å². The van der Waals surface area contributed by atoms with Gasteiger partial charge < -0.3 is 0 Å². The molecule has 0 aliphatic carbocycles. The van der Waals surface area contributed by atoms with Crippen molar-refractivity contribution in [2.75, 3.05) is 0 Å². The third-order valence-electron chi connectivity index (χ3n) is 2.21. The van der Waals surface area contributed by atoms with Crippen LogP contribution in [0.1, 0.15) is 12.5 Å². The molecule has 0 saturated carbocycles. The molecule has 2 rings (SSSR count). The maximum absolute atomic E-state index is 5.87. The zero-order valence-electron chi connectivity index (χ0n) is 8.52. The average Bonchev–Trinajstić information content (AvgIpc) is 2.73. The Morgan fingerprint density at radius 1 is 1.40 bits per heavy atom. The number of aromatic nitrogens is 3. The summed E-state index contributed by atoms with van der Waals surface area (Å²) in [5.74, 6) is 0.464. The number of halogens is 1. The van der Waals surface area contributed by atoms with Gasteiger partial charge in [-0.2, -0.15) is 5.10 Å². The molecule has 4 heteroatoms. The molecule has 0 aliphatic rings. The lowest BCUT2D eigenvalue weighted by Crippen LogP contribution is -1.94. The molecule has 0 bridgehead atoms. The maximum Gasteiger partial charge on any atom is 0.115 e. The molecule has 15 heavy (non-hydrogen) atoms. The molecule has 0 spiro atoms. The average molecular weight is 222 g/mol. The van der Waals surface area contributed by atoms with Gasteiger partial charge in [0.2, 0.25) is 0 Å². The van der Waals surface area contributed by atoms with Crippen molar-refractivity contribution in [2.45, 2.75) is 19.3 Å². The van der Waals surface area contributed by atoms with E-state index in [1.54, 1.807) is 6.20 Å². The second-order valence-corrected chi connectivity index (χ2v) is 3.47. The van der Waals surface area contributed by atoms with E-state index in [-0.39, 0.29) is 0 Å². The molecular weight excluding hydrogens is 210 g/mol. The van der Waals surface area contributed by atoms with E-state index in [4.69, 9.17) is 11.6 Å². The molecular formula is C11H12ClN3. The zero-order chi connectivity index (χ0) is 10.7. The van der Waals surface area contributed by atoms with E-state index in [9.17, 15) is 0 Å². The van der Waals surface area contributed by atoms with Gasteiger partial charge in [0, 0.05) is 24.5 Å². The number of nitrogens with zero attached hydrogens (tertiary/aromatic N) is 3. The number of aryl methyl sites for hydroxylation is 1. The van der Waals surface area contributed by atoms with Crippen LogP contribution in [0, 0.1) is 0 Å². The van der Waals surface area contributed by atoms with Crippen LogP contribution < -0.4 is 0 Å². The molecule has 0 amide bonds. The molecule has 0 fully saturated rings. The van der Waals surface area contributed by atoms with Crippen LogP contribution in [0.3, 0.4) is 0 Å². The summed E-state index contributed by atoms with van der Waals surface area (Å²) >= 11 is 5.87. The second-order valence-electron chi connectivity index (χ2n) is 3.21. The summed E-state index contributed by atoms with van der Waals surface area (Å²) in [4.78, 5) is 4.27. The highest BCUT2D eigenvalue weighted by Gasteiger charge is 2.10. The molecule has 0 aromatic carbocycles. The van der Waals surface area contributed by atoms with Crippen LogP contribution in [-0.2, 0) is 12.4 Å². The van der Waals surface area contributed by atoms with Gasteiger partial charge in [-0.25, -0.2) is 0 Å². The van der Waals surface area contributed by atoms with Crippen LogP contribution in [0.5, 0.6) is 0 Å². The highest BCUT2D eigenvalue weighted by Crippen LogP contribution is 2.20. The molecule has 0 unspecified atom stereocenters. The van der Waals surface area contributed by atoms with Crippen LogP contribution in [0.4, 0.5) is 0 Å². The topological polar surface area (TPSA) is 30.7 Å². The number of hydrogen-bond donors (Lipinski definition) is 0. The Bertz CT molecular complexity index is 436. The van der Waals surface area contributed by atoms with Crippen molar-refractivity contribution >= 4 is 11.6 Å². The fourth-order valence-electron chi connectivity index (χ4n) is 1.44. The van der Waals surface area contributed by atoms with Crippen molar-refractivity contribution in [2.24, 2.45) is 0 Å². The fraction of sp³-hybridized carbons (Fsp3) is 0.273. The SMILES string of the molecule is CCn1cc(CCl)c(-c2ccccn2)n1. The lowest BCUT2D eigenvalue weighted by molar-refractivity contribution is 0.661. The Kier molecular flexibility index (Phi) is 3.02. The van der Waals surface area contributed by atoms with Crippen molar-refractivity contribution in [1.29, 1.82) is 0 Å². The van der Waals surface area contributed by atoms with E-state index in [2.05, 4.69) is 10.1 Å². The van der Waals surface area contributed by atoms with Crippen LogP contribution in [0.25, 0.3) is 11.4 Å². The quantitative estimate of drug-likeness (QED) is 0.747. The summed E-state index contributed by atoms with van der Waals surface area (Å²) in [6, 6.07) is 5.78. The van der Waals surface area contributed by atoms with Crippen molar-refractivity contribution in [1.82, 2.24) is 14.8 Å². The monoisotopic (exact) mass is 221 g/mol. The summed E-state index contributed by atoms with van der Waals surface area (Å²) in [5, 5.41) is 4.44. The minimum Gasteiger partial charge on any atom is -0.272 e. The number of rotatable bonds is 3. The largest absolute Gasteiger partial charge is 0.272 e. The third-order valence-corrected chi connectivity index (χ3v) is 2.50. The molecule has 78 valence electrons. The van der Waals surface area contributed by atoms with Gasteiger partial charge in [0.25, 0.3) is 0 Å². The molecule has 0 radical (unpaired) electrons. The Morgan fingerprint density at radius 2 is 2.27 bits per heavy atom. The van der Waals surface area contributed by atoms with Gasteiger partial charge >= 0.3 is 0 Å². The zero-order valence-corrected chi connectivity index (χ0v) is 9.28. The van der Waals surface area contributed by atoms with E-state index < -0.39 is 0 Å². The summed E-state index contributed by atoms with van der Waals surface area (Å²) in [7, 11) is 0. The van der Waals surface area contributed by atoms with Crippen LogP contribution in [0.15, 0.2) is 30.6 Å². The molecule has 0 N–H and O–H groups in total. The van der Waals surface area contributed by atoms with Crippen LogP contribution in [-0.4, -0.2) is 14.8 Å². The minimum atomic E-state index is 0.464. The number of pyridine rings is 1. The Hall–Kier alpha value is -1.35. The first-order chi connectivity index (χ1) is 7.35. The van der Waals surface area contributed by atoms with Gasteiger partial charge in [0.15, 0.2) is 0 Å². The van der Waals surface area contributed by atoms with E-state index in [0.29, 0.717) is 5.88 Å². The molecule has 0 aliphatic heterocycles. The summed E-state index contributed by atoms with van der Waals surface area (Å²) in [6.07, 6.45) is 3.73. The van der Waals surface area contributed by atoms with Crippen molar-refractivity contribution in [3.8, 4) is 11.4 Å². The van der Waals surface area contributed by atoms with E-state index >= 15 is 0 Å². The van der Waals surface area contributed by atoms with Crippen LogP contribution in [0.2, 0.25) is 0 Å². The summed E-state index contributed by atoms with van der Waals surface area (Å²) in [6.45, 7) is 2.89. The highest BCUT2D eigenvalue weighted by atomic mass is 35.5.